The molecule has 0 unspecified atom stereocenters. The van der Waals surface area contributed by atoms with Gasteiger partial charge in [0.05, 0.1) is 5.69 Å². The summed E-state index contributed by atoms with van der Waals surface area (Å²) in [5.74, 6) is -0.197. The lowest BCUT2D eigenvalue weighted by molar-refractivity contribution is -0.118. The highest BCUT2D eigenvalue weighted by atomic mass is 35.5. The van der Waals surface area contributed by atoms with E-state index in [4.69, 9.17) is 16.3 Å². The first kappa shape index (κ1) is 17.9. The number of carbonyl (C=O) groups excluding carboxylic acids is 3. The average Bonchev–Trinajstić information content (AvgIpc) is 2.63. The van der Waals surface area contributed by atoms with Crippen LogP contribution in [-0.4, -0.2) is 24.2 Å². The molecule has 0 spiro atoms. The quantitative estimate of drug-likeness (QED) is 0.785. The zero-order valence-electron chi connectivity index (χ0n) is 14.1. The van der Waals surface area contributed by atoms with Gasteiger partial charge in [-0.25, -0.2) is 0 Å². The second-order valence-electron chi connectivity index (χ2n) is 5.93. The Kier molecular flexibility index (Phi) is 5.23. The van der Waals surface area contributed by atoms with Crippen molar-refractivity contribution in [1.29, 1.82) is 0 Å². The molecule has 0 atom stereocenters. The van der Waals surface area contributed by atoms with E-state index in [1.807, 2.05) is 6.92 Å². The number of Topliss-reactive ketones (excluding diaryl/α,β-unsaturated/α-hetero) is 1. The summed E-state index contributed by atoms with van der Waals surface area (Å²) in [4.78, 5) is 35.8. The third-order valence-electron chi connectivity index (χ3n) is 4.06. The average molecular weight is 373 g/mol. The molecule has 7 heteroatoms. The first-order chi connectivity index (χ1) is 12.4. The van der Waals surface area contributed by atoms with E-state index in [-0.39, 0.29) is 37.0 Å². The van der Waals surface area contributed by atoms with Gasteiger partial charge in [0.2, 0.25) is 5.91 Å². The molecule has 2 amide bonds. The highest BCUT2D eigenvalue weighted by Crippen LogP contribution is 2.29. The third kappa shape index (κ3) is 4.03. The van der Waals surface area contributed by atoms with Gasteiger partial charge >= 0.3 is 0 Å². The van der Waals surface area contributed by atoms with Crippen molar-refractivity contribution in [2.24, 2.45) is 0 Å². The molecule has 26 heavy (non-hydrogen) atoms. The van der Waals surface area contributed by atoms with Crippen molar-refractivity contribution in [1.82, 2.24) is 0 Å². The van der Waals surface area contributed by atoms with E-state index in [0.29, 0.717) is 27.7 Å². The van der Waals surface area contributed by atoms with E-state index in [2.05, 4.69) is 10.6 Å². The molecule has 0 fully saturated rings. The van der Waals surface area contributed by atoms with Gasteiger partial charge in [0.1, 0.15) is 5.75 Å². The van der Waals surface area contributed by atoms with Gasteiger partial charge in [0.25, 0.3) is 5.91 Å². The second kappa shape index (κ2) is 7.58. The summed E-state index contributed by atoms with van der Waals surface area (Å²) >= 11 is 6.03. The minimum absolute atomic E-state index is 0.0383. The molecule has 0 aromatic heterocycles. The molecule has 134 valence electrons. The number of nitrogens with one attached hydrogen (secondary N) is 2. The summed E-state index contributed by atoms with van der Waals surface area (Å²) in [5.41, 5.74) is 2.29. The summed E-state index contributed by atoms with van der Waals surface area (Å²) in [7, 11) is 0. The van der Waals surface area contributed by atoms with E-state index in [0.717, 1.165) is 5.56 Å². The number of hydrogen-bond donors (Lipinski definition) is 2. The Morgan fingerprint density at radius 1 is 1.23 bits per heavy atom. The van der Waals surface area contributed by atoms with Crippen molar-refractivity contribution < 1.29 is 19.1 Å². The molecular weight excluding hydrogens is 356 g/mol. The summed E-state index contributed by atoms with van der Waals surface area (Å²) in [6.45, 7) is 1.77. The molecule has 1 aliphatic heterocycles. The van der Waals surface area contributed by atoms with Crippen LogP contribution in [0.5, 0.6) is 5.75 Å². The van der Waals surface area contributed by atoms with Gasteiger partial charge in [-0.05, 0) is 42.8 Å². The second-order valence-corrected chi connectivity index (χ2v) is 6.34. The molecule has 2 N–H and O–H groups in total. The van der Waals surface area contributed by atoms with Crippen LogP contribution >= 0.6 is 11.6 Å². The lowest BCUT2D eigenvalue weighted by atomic mass is 10.0. The van der Waals surface area contributed by atoms with E-state index in [1.165, 1.54) is 0 Å². The van der Waals surface area contributed by atoms with Crippen LogP contribution in [0.2, 0.25) is 5.02 Å². The van der Waals surface area contributed by atoms with Crippen LogP contribution < -0.4 is 15.4 Å². The van der Waals surface area contributed by atoms with Crippen molar-refractivity contribution in [2.45, 2.75) is 19.8 Å². The maximum absolute atomic E-state index is 12.3. The minimum Gasteiger partial charge on any atom is -0.482 e. The molecular formula is C19H17ClN2O4. The number of ketones is 1. The number of carbonyl (C=O) groups is 3. The van der Waals surface area contributed by atoms with Crippen LogP contribution in [0.3, 0.4) is 0 Å². The molecule has 0 bridgehead atoms. The summed E-state index contributed by atoms with van der Waals surface area (Å²) in [6.07, 6.45) is 0.101. The lowest BCUT2D eigenvalue weighted by Crippen LogP contribution is -2.25. The predicted octanol–water partition coefficient (Wildman–Crippen LogP) is 3.58. The summed E-state index contributed by atoms with van der Waals surface area (Å²) in [6, 6.07) is 10.1. The maximum Gasteiger partial charge on any atom is 0.262 e. The van der Waals surface area contributed by atoms with Crippen molar-refractivity contribution in [3.05, 3.63) is 52.5 Å². The van der Waals surface area contributed by atoms with Gasteiger partial charge in [-0.2, -0.15) is 0 Å². The van der Waals surface area contributed by atoms with Crippen molar-refractivity contribution in [2.75, 3.05) is 17.2 Å². The Bertz CT molecular complexity index is 895. The highest BCUT2D eigenvalue weighted by Gasteiger charge is 2.18. The molecule has 1 heterocycles. The van der Waals surface area contributed by atoms with Gasteiger partial charge in [-0.3, -0.25) is 14.4 Å². The molecule has 3 rings (SSSR count). The SMILES string of the molecule is Cc1c(Cl)cccc1NC(=O)CCC(=O)c1ccc2c(c1)NC(=O)CO2. The molecule has 6 nitrogen and oxygen atoms in total. The number of anilines is 2. The lowest BCUT2D eigenvalue weighted by Gasteiger charge is -2.18. The molecule has 1 aliphatic rings. The Labute approximate surface area is 155 Å². The van der Waals surface area contributed by atoms with Gasteiger partial charge in [-0.15, -0.1) is 0 Å². The van der Waals surface area contributed by atoms with Gasteiger partial charge in [0, 0.05) is 29.1 Å². The fraction of sp³-hybridized carbons (Fsp3) is 0.211. The number of rotatable bonds is 5. The zero-order valence-corrected chi connectivity index (χ0v) is 14.9. The maximum atomic E-state index is 12.3. The smallest absolute Gasteiger partial charge is 0.262 e. The molecule has 2 aromatic carbocycles. The third-order valence-corrected chi connectivity index (χ3v) is 4.46. The zero-order chi connectivity index (χ0) is 18.7. The number of ether oxygens (including phenoxy) is 1. The Hall–Kier alpha value is -2.86. The largest absolute Gasteiger partial charge is 0.482 e. The van der Waals surface area contributed by atoms with E-state index in [9.17, 15) is 14.4 Å². The normalized spacial score (nSPS) is 12.6. The van der Waals surface area contributed by atoms with E-state index < -0.39 is 0 Å². The monoisotopic (exact) mass is 372 g/mol. The molecule has 0 saturated heterocycles. The number of halogens is 1. The number of hydrogen-bond acceptors (Lipinski definition) is 4. The molecule has 0 radical (unpaired) electrons. The first-order valence-electron chi connectivity index (χ1n) is 8.09. The van der Waals surface area contributed by atoms with Crippen LogP contribution in [0.25, 0.3) is 0 Å². The van der Waals surface area contributed by atoms with Crippen LogP contribution in [-0.2, 0) is 9.59 Å². The fourth-order valence-electron chi connectivity index (χ4n) is 2.58. The standard InChI is InChI=1S/C19H17ClN2O4/c1-11-13(20)3-2-4-14(11)21-18(24)8-6-16(23)12-5-7-17-15(9-12)22-19(25)10-26-17/h2-5,7,9H,6,8,10H2,1H3,(H,21,24)(H,22,25). The van der Waals surface area contributed by atoms with Gasteiger partial charge in [-0.1, -0.05) is 17.7 Å². The number of fused-ring (bicyclic) bond motifs is 1. The van der Waals surface area contributed by atoms with Crippen molar-refractivity contribution in [3.63, 3.8) is 0 Å². The van der Waals surface area contributed by atoms with Crippen molar-refractivity contribution >= 4 is 40.6 Å². The van der Waals surface area contributed by atoms with Crippen LogP contribution in [0, 0.1) is 6.92 Å². The molecule has 2 aromatic rings. The minimum atomic E-state index is -0.265. The van der Waals surface area contributed by atoms with Gasteiger partial charge < -0.3 is 15.4 Å². The Morgan fingerprint density at radius 2 is 2.04 bits per heavy atom. The number of amides is 2. The predicted molar refractivity (Wildman–Crippen MR) is 98.9 cm³/mol. The Balaban J connectivity index is 1.60. The van der Waals surface area contributed by atoms with Crippen LogP contribution in [0.15, 0.2) is 36.4 Å². The molecule has 0 saturated carbocycles. The first-order valence-corrected chi connectivity index (χ1v) is 8.46. The van der Waals surface area contributed by atoms with E-state index in [1.54, 1.807) is 36.4 Å². The fourth-order valence-corrected chi connectivity index (χ4v) is 2.76. The number of benzene rings is 2. The summed E-state index contributed by atoms with van der Waals surface area (Å²) < 4.78 is 5.26. The molecule has 0 aliphatic carbocycles. The highest BCUT2D eigenvalue weighted by molar-refractivity contribution is 6.31. The topological polar surface area (TPSA) is 84.5 Å². The van der Waals surface area contributed by atoms with Gasteiger partial charge in [0.15, 0.2) is 12.4 Å². The van der Waals surface area contributed by atoms with Crippen LogP contribution in [0.1, 0.15) is 28.8 Å². The Morgan fingerprint density at radius 3 is 2.85 bits per heavy atom. The van der Waals surface area contributed by atoms with E-state index >= 15 is 0 Å². The summed E-state index contributed by atoms with van der Waals surface area (Å²) in [5, 5.41) is 5.98. The van der Waals surface area contributed by atoms with Crippen molar-refractivity contribution in [3.8, 4) is 5.75 Å². The van der Waals surface area contributed by atoms with Crippen LogP contribution in [0.4, 0.5) is 11.4 Å².